The van der Waals surface area contributed by atoms with Crippen molar-refractivity contribution in [3.8, 4) is 0 Å². The average Bonchev–Trinajstić information content (AvgIpc) is 2.35. The van der Waals surface area contributed by atoms with Crippen LogP contribution in [0.2, 0.25) is 0 Å². The van der Waals surface area contributed by atoms with Crippen molar-refractivity contribution in [3.05, 3.63) is 0 Å². The Morgan fingerprint density at radius 3 is 2.47 bits per heavy atom. The maximum Gasteiger partial charge on any atom is 0.326 e. The Bertz CT molecular complexity index is 277. The van der Waals surface area contributed by atoms with Gasteiger partial charge in [0.05, 0.1) is 13.2 Å². The van der Waals surface area contributed by atoms with Crippen LogP contribution < -0.4 is 5.32 Å². The van der Waals surface area contributed by atoms with Gasteiger partial charge in [0.15, 0.2) is 0 Å². The van der Waals surface area contributed by atoms with Gasteiger partial charge in [-0.15, -0.1) is 0 Å². The number of hydrogen-bond acceptors (Lipinski definition) is 3. The zero-order valence-corrected chi connectivity index (χ0v) is 10.3. The fraction of sp³-hybridized carbons (Fsp3) is 0.818. The number of urea groups is 1. The highest BCUT2D eigenvalue weighted by Crippen LogP contribution is 2.09. The summed E-state index contributed by atoms with van der Waals surface area (Å²) in [6, 6.07) is -1.14. The van der Waals surface area contributed by atoms with Crippen LogP contribution in [0.3, 0.4) is 0 Å². The minimum absolute atomic E-state index is 0.0857. The fourth-order valence-corrected chi connectivity index (χ4v) is 1.67. The van der Waals surface area contributed by atoms with Crippen molar-refractivity contribution in [2.45, 2.75) is 26.3 Å². The van der Waals surface area contributed by atoms with Crippen molar-refractivity contribution in [3.63, 3.8) is 0 Å². The first-order chi connectivity index (χ1) is 8.06. The zero-order chi connectivity index (χ0) is 12.8. The van der Waals surface area contributed by atoms with Gasteiger partial charge < -0.3 is 20.1 Å². The Labute approximate surface area is 101 Å². The SMILES string of the molecule is CCC(C)[C@H](NC(=O)N1CCOCC1)C(=O)O. The van der Waals surface area contributed by atoms with Crippen LogP contribution in [0.4, 0.5) is 4.79 Å². The second-order valence-corrected chi connectivity index (χ2v) is 4.25. The lowest BCUT2D eigenvalue weighted by Gasteiger charge is -2.29. The van der Waals surface area contributed by atoms with Gasteiger partial charge in [0, 0.05) is 13.1 Å². The molecule has 0 aromatic carbocycles. The van der Waals surface area contributed by atoms with E-state index in [1.807, 2.05) is 13.8 Å². The van der Waals surface area contributed by atoms with E-state index in [-0.39, 0.29) is 11.9 Å². The molecule has 1 rings (SSSR count). The molecule has 0 saturated carbocycles. The lowest BCUT2D eigenvalue weighted by atomic mass is 9.99. The second-order valence-electron chi connectivity index (χ2n) is 4.25. The monoisotopic (exact) mass is 244 g/mol. The molecule has 0 bridgehead atoms. The Kier molecular flexibility index (Phi) is 5.21. The first-order valence-electron chi connectivity index (χ1n) is 5.92. The standard InChI is InChI=1S/C11H20N2O4/c1-3-8(2)9(10(14)15)12-11(16)13-4-6-17-7-5-13/h8-9H,3-7H2,1-2H3,(H,12,16)(H,14,15)/t8?,9-/m0/s1. The van der Waals surface area contributed by atoms with Crippen molar-refractivity contribution >= 4 is 12.0 Å². The van der Waals surface area contributed by atoms with Crippen molar-refractivity contribution in [2.24, 2.45) is 5.92 Å². The molecule has 98 valence electrons. The molecule has 1 saturated heterocycles. The molecule has 0 spiro atoms. The third kappa shape index (κ3) is 3.89. The second kappa shape index (κ2) is 6.44. The molecule has 0 radical (unpaired) electrons. The molecule has 1 fully saturated rings. The molecule has 2 atom stereocenters. The van der Waals surface area contributed by atoms with E-state index >= 15 is 0 Å². The number of rotatable bonds is 4. The summed E-state index contributed by atoms with van der Waals surface area (Å²) >= 11 is 0. The summed E-state index contributed by atoms with van der Waals surface area (Å²) < 4.78 is 5.13. The zero-order valence-electron chi connectivity index (χ0n) is 10.3. The van der Waals surface area contributed by atoms with Crippen molar-refractivity contribution in [2.75, 3.05) is 26.3 Å². The smallest absolute Gasteiger partial charge is 0.326 e. The molecule has 2 amide bonds. The first kappa shape index (κ1) is 13.8. The number of carboxylic acid groups (broad SMARTS) is 1. The summed E-state index contributed by atoms with van der Waals surface area (Å²) in [5, 5.41) is 11.6. The highest BCUT2D eigenvalue weighted by molar-refractivity contribution is 5.82. The Hall–Kier alpha value is -1.30. The van der Waals surface area contributed by atoms with E-state index in [9.17, 15) is 9.59 Å². The largest absolute Gasteiger partial charge is 0.480 e. The number of carbonyl (C=O) groups excluding carboxylic acids is 1. The minimum Gasteiger partial charge on any atom is -0.480 e. The molecule has 0 aliphatic carbocycles. The fourth-order valence-electron chi connectivity index (χ4n) is 1.67. The highest BCUT2D eigenvalue weighted by atomic mass is 16.5. The van der Waals surface area contributed by atoms with Gasteiger partial charge in [0.1, 0.15) is 6.04 Å². The van der Waals surface area contributed by atoms with Crippen molar-refractivity contribution < 1.29 is 19.4 Å². The van der Waals surface area contributed by atoms with Crippen LogP contribution in [-0.2, 0) is 9.53 Å². The van der Waals surface area contributed by atoms with Gasteiger partial charge in [-0.2, -0.15) is 0 Å². The number of morpholine rings is 1. The summed E-state index contributed by atoms with van der Waals surface area (Å²) in [7, 11) is 0. The third-order valence-electron chi connectivity index (χ3n) is 3.06. The van der Waals surface area contributed by atoms with Crippen LogP contribution >= 0.6 is 0 Å². The number of ether oxygens (including phenoxy) is 1. The molecule has 6 nitrogen and oxygen atoms in total. The van der Waals surface area contributed by atoms with Gasteiger partial charge in [-0.1, -0.05) is 20.3 Å². The number of nitrogens with one attached hydrogen (secondary N) is 1. The van der Waals surface area contributed by atoms with Crippen LogP contribution in [0.25, 0.3) is 0 Å². The lowest BCUT2D eigenvalue weighted by Crippen LogP contribution is -2.53. The van der Waals surface area contributed by atoms with Crippen LogP contribution in [-0.4, -0.2) is 54.4 Å². The van der Waals surface area contributed by atoms with E-state index in [2.05, 4.69) is 5.32 Å². The predicted octanol–water partition coefficient (Wildman–Crippen LogP) is 0.527. The topological polar surface area (TPSA) is 78.9 Å². The number of aliphatic carboxylic acids is 1. The molecule has 17 heavy (non-hydrogen) atoms. The molecule has 0 aromatic heterocycles. The van der Waals surface area contributed by atoms with Gasteiger partial charge in [0.2, 0.25) is 0 Å². The number of hydrogen-bond donors (Lipinski definition) is 2. The maximum atomic E-state index is 11.8. The molecule has 6 heteroatoms. The van der Waals surface area contributed by atoms with E-state index in [1.165, 1.54) is 0 Å². The van der Waals surface area contributed by atoms with E-state index in [1.54, 1.807) is 4.90 Å². The minimum atomic E-state index is -0.985. The summed E-state index contributed by atoms with van der Waals surface area (Å²) in [5.74, 6) is -1.07. The van der Waals surface area contributed by atoms with Gasteiger partial charge in [-0.25, -0.2) is 9.59 Å². The molecule has 1 aliphatic rings. The number of nitrogens with zero attached hydrogens (tertiary/aromatic N) is 1. The quantitative estimate of drug-likeness (QED) is 0.756. The molecule has 0 aromatic rings. The van der Waals surface area contributed by atoms with Gasteiger partial charge in [-0.05, 0) is 5.92 Å². The molecule has 1 heterocycles. The average molecular weight is 244 g/mol. The normalized spacial score (nSPS) is 19.5. The summed E-state index contributed by atoms with van der Waals surface area (Å²) in [4.78, 5) is 24.5. The Morgan fingerprint density at radius 1 is 1.41 bits per heavy atom. The van der Waals surface area contributed by atoms with E-state index in [0.29, 0.717) is 32.7 Å². The molecular weight excluding hydrogens is 224 g/mol. The van der Waals surface area contributed by atoms with Crippen LogP contribution in [0.5, 0.6) is 0 Å². The third-order valence-corrected chi connectivity index (χ3v) is 3.06. The lowest BCUT2D eigenvalue weighted by molar-refractivity contribution is -0.140. The Balaban J connectivity index is 2.53. The van der Waals surface area contributed by atoms with Gasteiger partial charge >= 0.3 is 12.0 Å². The van der Waals surface area contributed by atoms with Gasteiger partial charge in [-0.3, -0.25) is 0 Å². The van der Waals surface area contributed by atoms with Crippen LogP contribution in [0.15, 0.2) is 0 Å². The van der Waals surface area contributed by atoms with Gasteiger partial charge in [0.25, 0.3) is 0 Å². The van der Waals surface area contributed by atoms with E-state index < -0.39 is 12.0 Å². The molecular formula is C11H20N2O4. The number of carbonyl (C=O) groups is 2. The molecule has 1 aliphatic heterocycles. The molecule has 2 N–H and O–H groups in total. The number of carboxylic acids is 1. The van der Waals surface area contributed by atoms with Crippen molar-refractivity contribution in [1.29, 1.82) is 0 Å². The highest BCUT2D eigenvalue weighted by Gasteiger charge is 2.27. The van der Waals surface area contributed by atoms with E-state index in [4.69, 9.17) is 9.84 Å². The summed E-state index contributed by atoms with van der Waals surface area (Å²) in [6.45, 7) is 5.76. The van der Waals surface area contributed by atoms with Crippen LogP contribution in [0.1, 0.15) is 20.3 Å². The molecule has 1 unspecified atom stereocenters. The van der Waals surface area contributed by atoms with Crippen molar-refractivity contribution in [1.82, 2.24) is 10.2 Å². The summed E-state index contributed by atoms with van der Waals surface area (Å²) in [5.41, 5.74) is 0. The Morgan fingerprint density at radius 2 is 2.00 bits per heavy atom. The predicted molar refractivity (Wildman–Crippen MR) is 61.8 cm³/mol. The van der Waals surface area contributed by atoms with Crippen LogP contribution in [0, 0.1) is 5.92 Å². The first-order valence-corrected chi connectivity index (χ1v) is 5.92. The van der Waals surface area contributed by atoms with E-state index in [0.717, 1.165) is 0 Å². The number of amides is 2. The summed E-state index contributed by atoms with van der Waals surface area (Å²) in [6.07, 6.45) is 0.709. The maximum absolute atomic E-state index is 11.8.